The lowest BCUT2D eigenvalue weighted by Gasteiger charge is -2.15. The third-order valence-electron chi connectivity index (χ3n) is 4.21. The molecule has 1 nitrogen and oxygen atoms in total. The van der Waals surface area contributed by atoms with E-state index in [1.54, 1.807) is 0 Å². The van der Waals surface area contributed by atoms with E-state index < -0.39 is 0 Å². The highest BCUT2D eigenvalue weighted by Crippen LogP contribution is 2.20. The second kappa shape index (κ2) is 11.7. The molecule has 0 saturated heterocycles. The van der Waals surface area contributed by atoms with Gasteiger partial charge in [0.05, 0.1) is 0 Å². The lowest BCUT2D eigenvalue weighted by atomic mass is 9.91. The van der Waals surface area contributed by atoms with E-state index in [4.69, 9.17) is 0 Å². The van der Waals surface area contributed by atoms with Crippen LogP contribution in [-0.4, -0.2) is 5.78 Å². The van der Waals surface area contributed by atoms with E-state index in [2.05, 4.69) is 27.7 Å². The molecule has 0 aromatic heterocycles. The number of carbonyl (C=O) groups excluding carboxylic acids is 1. The second-order valence-corrected chi connectivity index (χ2v) is 5.74. The molecule has 0 saturated carbocycles. The lowest BCUT2D eigenvalue weighted by molar-refractivity contribution is -0.119. The van der Waals surface area contributed by atoms with Gasteiger partial charge in [-0.25, -0.2) is 0 Å². The van der Waals surface area contributed by atoms with Gasteiger partial charge >= 0.3 is 0 Å². The van der Waals surface area contributed by atoms with Gasteiger partial charge in [0.25, 0.3) is 0 Å². The molecule has 0 aromatic rings. The first-order valence-electron chi connectivity index (χ1n) is 8.19. The largest absolute Gasteiger partial charge is 0.300 e. The molecule has 0 rings (SSSR count). The minimum atomic E-state index is 0.499. The van der Waals surface area contributed by atoms with Gasteiger partial charge in [0.2, 0.25) is 0 Å². The van der Waals surface area contributed by atoms with Crippen molar-refractivity contribution in [2.24, 2.45) is 11.8 Å². The fourth-order valence-corrected chi connectivity index (χ4v) is 2.78. The van der Waals surface area contributed by atoms with Crippen molar-refractivity contribution in [2.75, 3.05) is 0 Å². The third kappa shape index (κ3) is 8.72. The zero-order valence-electron chi connectivity index (χ0n) is 13.1. The number of carbonyl (C=O) groups is 1. The molecule has 0 heterocycles. The van der Waals surface area contributed by atoms with E-state index in [-0.39, 0.29) is 0 Å². The van der Waals surface area contributed by atoms with Crippen LogP contribution in [-0.2, 0) is 4.79 Å². The molecule has 0 aliphatic carbocycles. The first-order valence-corrected chi connectivity index (χ1v) is 8.19. The molecule has 0 N–H and O–H groups in total. The fourth-order valence-electron chi connectivity index (χ4n) is 2.78. The molecule has 2 atom stereocenters. The Morgan fingerprint density at radius 2 is 1.11 bits per heavy atom. The maximum atomic E-state index is 11.9. The van der Waals surface area contributed by atoms with E-state index in [0.717, 1.165) is 37.5 Å². The molecule has 0 aliphatic heterocycles. The Morgan fingerprint density at radius 1 is 0.722 bits per heavy atom. The Balaban J connectivity index is 3.75. The number of hydrogen-bond acceptors (Lipinski definition) is 1. The summed E-state index contributed by atoms with van der Waals surface area (Å²) in [7, 11) is 0. The molecule has 0 aromatic carbocycles. The Bertz CT molecular complexity index is 178. The van der Waals surface area contributed by atoms with Gasteiger partial charge in [-0.3, -0.25) is 4.79 Å². The maximum Gasteiger partial charge on any atom is 0.132 e. The summed E-state index contributed by atoms with van der Waals surface area (Å²) in [6.45, 7) is 8.97. The van der Waals surface area contributed by atoms with Crippen molar-refractivity contribution in [1.82, 2.24) is 0 Å². The average Bonchev–Trinajstić information content (AvgIpc) is 2.39. The summed E-state index contributed by atoms with van der Waals surface area (Å²) in [6, 6.07) is 0. The van der Waals surface area contributed by atoms with Crippen LogP contribution in [0.4, 0.5) is 0 Å². The van der Waals surface area contributed by atoms with E-state index in [9.17, 15) is 4.79 Å². The zero-order chi connectivity index (χ0) is 13.8. The first kappa shape index (κ1) is 17.7. The molecule has 2 unspecified atom stereocenters. The van der Waals surface area contributed by atoms with Gasteiger partial charge in [-0.1, -0.05) is 66.2 Å². The summed E-state index contributed by atoms with van der Waals surface area (Å²) >= 11 is 0. The van der Waals surface area contributed by atoms with Gasteiger partial charge in [0.15, 0.2) is 0 Å². The molecule has 0 spiro atoms. The topological polar surface area (TPSA) is 17.1 Å². The van der Waals surface area contributed by atoms with E-state index in [1.807, 2.05) is 0 Å². The summed E-state index contributed by atoms with van der Waals surface area (Å²) in [5, 5.41) is 0. The van der Waals surface area contributed by atoms with Gasteiger partial charge in [-0.2, -0.15) is 0 Å². The van der Waals surface area contributed by atoms with Crippen LogP contribution in [0.1, 0.15) is 91.9 Å². The van der Waals surface area contributed by atoms with Crippen LogP contribution in [0.25, 0.3) is 0 Å². The summed E-state index contributed by atoms with van der Waals surface area (Å²) in [5.41, 5.74) is 0. The molecular formula is C17H34O. The SMILES string of the molecule is CCCC(CC)CCC(=O)CCC(CC)CCC. The van der Waals surface area contributed by atoms with Crippen LogP contribution in [0.3, 0.4) is 0 Å². The Morgan fingerprint density at radius 3 is 1.39 bits per heavy atom. The van der Waals surface area contributed by atoms with Crippen LogP contribution in [0.2, 0.25) is 0 Å². The van der Waals surface area contributed by atoms with Crippen LogP contribution < -0.4 is 0 Å². The highest BCUT2D eigenvalue weighted by molar-refractivity contribution is 5.78. The molecular weight excluding hydrogens is 220 g/mol. The molecule has 1 heteroatoms. The smallest absolute Gasteiger partial charge is 0.132 e. The van der Waals surface area contributed by atoms with Crippen molar-refractivity contribution in [3.63, 3.8) is 0 Å². The van der Waals surface area contributed by atoms with Gasteiger partial charge in [-0.05, 0) is 24.7 Å². The minimum Gasteiger partial charge on any atom is -0.300 e. The van der Waals surface area contributed by atoms with E-state index in [1.165, 1.54) is 38.5 Å². The highest BCUT2D eigenvalue weighted by atomic mass is 16.1. The number of hydrogen-bond donors (Lipinski definition) is 0. The second-order valence-electron chi connectivity index (χ2n) is 5.74. The van der Waals surface area contributed by atoms with Crippen LogP contribution in [0.15, 0.2) is 0 Å². The van der Waals surface area contributed by atoms with E-state index in [0.29, 0.717) is 5.78 Å². The number of ketones is 1. The summed E-state index contributed by atoms with van der Waals surface area (Å²) in [6.07, 6.45) is 11.4. The predicted molar refractivity (Wildman–Crippen MR) is 80.9 cm³/mol. The monoisotopic (exact) mass is 254 g/mol. The predicted octanol–water partition coefficient (Wildman–Crippen LogP) is 5.77. The van der Waals surface area contributed by atoms with Crippen LogP contribution in [0.5, 0.6) is 0 Å². The zero-order valence-corrected chi connectivity index (χ0v) is 13.1. The van der Waals surface area contributed by atoms with Gasteiger partial charge in [0, 0.05) is 12.8 Å². The van der Waals surface area contributed by atoms with Crippen molar-refractivity contribution in [3.8, 4) is 0 Å². The molecule has 18 heavy (non-hydrogen) atoms. The number of rotatable bonds is 12. The van der Waals surface area contributed by atoms with Crippen LogP contribution in [0, 0.1) is 11.8 Å². The standard InChI is InChI=1S/C17H34O/c1-5-9-15(7-3)11-13-17(18)14-12-16(8-4)10-6-2/h15-16H,5-14H2,1-4H3. The molecule has 0 radical (unpaired) electrons. The highest BCUT2D eigenvalue weighted by Gasteiger charge is 2.11. The minimum absolute atomic E-state index is 0.499. The van der Waals surface area contributed by atoms with Crippen molar-refractivity contribution >= 4 is 5.78 Å². The summed E-state index contributed by atoms with van der Waals surface area (Å²) < 4.78 is 0. The summed E-state index contributed by atoms with van der Waals surface area (Å²) in [4.78, 5) is 11.9. The van der Waals surface area contributed by atoms with Gasteiger partial charge in [0.1, 0.15) is 5.78 Å². The van der Waals surface area contributed by atoms with E-state index >= 15 is 0 Å². The third-order valence-corrected chi connectivity index (χ3v) is 4.21. The van der Waals surface area contributed by atoms with Crippen molar-refractivity contribution in [1.29, 1.82) is 0 Å². The lowest BCUT2D eigenvalue weighted by Crippen LogP contribution is -2.07. The Hall–Kier alpha value is -0.330. The van der Waals surface area contributed by atoms with Gasteiger partial charge < -0.3 is 0 Å². The number of Topliss-reactive ketones (excluding diaryl/α,β-unsaturated/α-hetero) is 1. The normalized spacial score (nSPS) is 14.4. The maximum absolute atomic E-state index is 11.9. The van der Waals surface area contributed by atoms with Gasteiger partial charge in [-0.15, -0.1) is 0 Å². The Kier molecular flexibility index (Phi) is 11.5. The van der Waals surface area contributed by atoms with Crippen LogP contribution >= 0.6 is 0 Å². The fraction of sp³-hybridized carbons (Fsp3) is 0.941. The van der Waals surface area contributed by atoms with Crippen molar-refractivity contribution < 1.29 is 4.79 Å². The molecule has 0 amide bonds. The van der Waals surface area contributed by atoms with Crippen molar-refractivity contribution in [2.45, 2.75) is 91.9 Å². The average molecular weight is 254 g/mol. The first-order chi connectivity index (χ1) is 8.67. The molecule has 0 bridgehead atoms. The quantitative estimate of drug-likeness (QED) is 0.432. The summed E-state index contributed by atoms with van der Waals surface area (Å²) in [5.74, 6) is 2.05. The molecule has 0 fully saturated rings. The van der Waals surface area contributed by atoms with Crippen molar-refractivity contribution in [3.05, 3.63) is 0 Å². The Labute approximate surface area is 115 Å². The molecule has 0 aliphatic rings. The molecule has 108 valence electrons.